The largest absolute Gasteiger partial charge is 0.491 e. The molecule has 26 heteroatoms. The number of ether oxygens (including phenoxy) is 8. The van der Waals surface area contributed by atoms with Crippen LogP contribution in [0.25, 0.3) is 0 Å². The summed E-state index contributed by atoms with van der Waals surface area (Å²) >= 11 is 0. The van der Waals surface area contributed by atoms with E-state index in [0.29, 0.717) is 25.1 Å². The topological polar surface area (TPSA) is 353 Å². The van der Waals surface area contributed by atoms with E-state index in [1.54, 1.807) is 89.2 Å². The molecule has 0 aromatic rings. The molecule has 0 radical (unpaired) electrons. The molecule has 26 nitrogen and oxygen atoms in total. The number of nitrogens with zero attached hydrogens (tertiary/aromatic N) is 1. The van der Waals surface area contributed by atoms with E-state index >= 15 is 0 Å². The third-order valence-electron chi connectivity index (χ3n) is 12.9. The van der Waals surface area contributed by atoms with Crippen LogP contribution in [0, 0.1) is 11.8 Å². The molecule has 6 amide bonds. The number of carbonyl (C=O) groups is 6. The molecule has 0 aromatic heterocycles. The number of hydrogen-bond acceptors (Lipinski definition) is 20. The van der Waals surface area contributed by atoms with Crippen molar-refractivity contribution in [3.05, 3.63) is 24.2 Å². The molecule has 0 bridgehead atoms. The highest BCUT2D eigenvalue weighted by Gasteiger charge is 2.57. The van der Waals surface area contributed by atoms with Gasteiger partial charge in [0.15, 0.2) is 6.29 Å². The van der Waals surface area contributed by atoms with E-state index in [1.165, 1.54) is 20.9 Å². The molecule has 0 aromatic carbocycles. The lowest BCUT2D eigenvalue weighted by Gasteiger charge is -2.52. The van der Waals surface area contributed by atoms with E-state index in [-0.39, 0.29) is 50.6 Å². The molecule has 1 saturated heterocycles. The number of hydrogen-bond donors (Lipinski definition) is 11. The lowest BCUT2D eigenvalue weighted by Crippen LogP contribution is -2.71. The SMILES string of the molecule is C=C(C)OC(=O)N[C@@H]1CC=C(CNCC2(O)CC(CNC(=O)OC(C)(C)C)C2)O[C@@H]1C1[C@@H](NC(=O)OC(C)(C)C)C[C@@H](NC(=O)[C@@H](O)CCNC(=O)OC(C)(C)C)[C@H](O[C@H]2OC[C@](C)(O)[C@H](N(C)C(=O)OC(C)(C)C)[C@H]2O)[C@H]1O. The van der Waals surface area contributed by atoms with Crippen LogP contribution in [0.15, 0.2) is 24.2 Å². The first-order chi connectivity index (χ1) is 36.1. The standard InChI is InChI=1S/C53H91N7O19/c1-28(2)73-45(67)58-31-18-17-30(25-54-26-53(71)22-29(23-53)24-56-44(66)77-49(6,7)8)74-38(31)35-32(59-46(68)78-50(9,10)11)21-33(57-41(64)34(61)19-20-55-43(65)76-48(3,4)5)39(36(35)62)75-42-37(63)40(52(15,70)27-72-42)60(16)47(69)79-51(12,13)14/h17,29,31-40,42,54,61-63,70-71H,1,18-27H2,2-16H3,(H,55,65)(H,56,66)(H,57,64)(H,58,67)(H,59,68)/t29?,31-,32+,33-,34+,35?,36+,37-,38+,39+,40-,42-,52+,53?/m1/s1. The Kier molecular flexibility index (Phi) is 22.3. The number of nitrogens with one attached hydrogen (secondary N) is 6. The minimum atomic E-state index is -1.90. The molecule has 0 spiro atoms. The molecule has 4 aliphatic rings. The van der Waals surface area contributed by atoms with Crippen molar-refractivity contribution < 1.29 is 92.2 Å². The predicted octanol–water partition coefficient (Wildman–Crippen LogP) is 2.67. The monoisotopic (exact) mass is 1130 g/mol. The van der Waals surface area contributed by atoms with Crippen molar-refractivity contribution in [2.24, 2.45) is 11.8 Å². The Hall–Kier alpha value is -5.22. The van der Waals surface area contributed by atoms with Gasteiger partial charge in [0.05, 0.1) is 48.7 Å². The van der Waals surface area contributed by atoms with Gasteiger partial charge in [-0.2, -0.15) is 0 Å². The van der Waals surface area contributed by atoms with Gasteiger partial charge in [-0.1, -0.05) is 6.58 Å². The van der Waals surface area contributed by atoms with Gasteiger partial charge in [-0.15, -0.1) is 0 Å². The number of aliphatic hydroxyl groups is 5. The molecule has 12 atom stereocenters. The highest BCUT2D eigenvalue weighted by Crippen LogP contribution is 2.40. The van der Waals surface area contributed by atoms with Crippen LogP contribution in [0.1, 0.15) is 129 Å². The maximum Gasteiger partial charge on any atom is 0.412 e. The Bertz CT molecular complexity index is 2160. The van der Waals surface area contributed by atoms with Crippen LogP contribution in [-0.2, 0) is 42.7 Å². The Morgan fingerprint density at radius 1 is 0.785 bits per heavy atom. The Balaban J connectivity index is 1.72. The van der Waals surface area contributed by atoms with Crippen LogP contribution in [0.3, 0.4) is 0 Å². The minimum Gasteiger partial charge on any atom is -0.491 e. The van der Waals surface area contributed by atoms with Crippen molar-refractivity contribution in [3.63, 3.8) is 0 Å². The summed E-state index contributed by atoms with van der Waals surface area (Å²) in [6.45, 7) is 26.2. The van der Waals surface area contributed by atoms with Crippen molar-refractivity contribution in [2.45, 2.75) is 224 Å². The summed E-state index contributed by atoms with van der Waals surface area (Å²) < 4.78 is 46.2. The zero-order valence-corrected chi connectivity index (χ0v) is 48.7. The lowest BCUT2D eigenvalue weighted by molar-refractivity contribution is -0.305. The summed E-state index contributed by atoms with van der Waals surface area (Å²) in [5.74, 6) is -1.96. The van der Waals surface area contributed by atoms with Crippen molar-refractivity contribution >= 4 is 36.4 Å². The van der Waals surface area contributed by atoms with Crippen molar-refractivity contribution in [1.29, 1.82) is 0 Å². The van der Waals surface area contributed by atoms with Crippen LogP contribution < -0.4 is 31.9 Å². The molecule has 2 aliphatic carbocycles. The third-order valence-corrected chi connectivity index (χ3v) is 12.9. The summed E-state index contributed by atoms with van der Waals surface area (Å²) in [5, 5.41) is 75.8. The summed E-state index contributed by atoms with van der Waals surface area (Å²) in [6, 6.07) is -5.04. The zero-order chi connectivity index (χ0) is 59.8. The Morgan fingerprint density at radius 2 is 1.34 bits per heavy atom. The number of carbonyl (C=O) groups excluding carboxylic acids is 6. The van der Waals surface area contributed by atoms with Gasteiger partial charge in [-0.05, 0) is 141 Å². The van der Waals surface area contributed by atoms with E-state index < -0.39 is 143 Å². The Labute approximate surface area is 463 Å². The van der Waals surface area contributed by atoms with Crippen molar-refractivity contribution in [3.8, 4) is 0 Å². The molecule has 2 heterocycles. The molecular weight excluding hydrogens is 1040 g/mol. The fraction of sp³-hybridized carbons (Fsp3) is 0.811. The first-order valence-electron chi connectivity index (χ1n) is 26.8. The number of likely N-dealkylation sites (N-methyl/N-ethyl adjacent to an activating group) is 1. The average molecular weight is 1130 g/mol. The molecule has 452 valence electrons. The van der Waals surface area contributed by atoms with Crippen LogP contribution in [0.5, 0.6) is 0 Å². The summed E-state index contributed by atoms with van der Waals surface area (Å²) in [7, 11) is 1.31. The highest BCUT2D eigenvalue weighted by atomic mass is 16.7. The molecular formula is C53H91N7O19. The van der Waals surface area contributed by atoms with E-state index in [9.17, 15) is 54.3 Å². The van der Waals surface area contributed by atoms with E-state index in [1.807, 2.05) is 0 Å². The molecule has 3 fully saturated rings. The third kappa shape index (κ3) is 21.0. The first kappa shape index (κ1) is 66.3. The van der Waals surface area contributed by atoms with Gasteiger partial charge < -0.3 is 100 Å². The van der Waals surface area contributed by atoms with Crippen LogP contribution in [0.2, 0.25) is 0 Å². The summed E-state index contributed by atoms with van der Waals surface area (Å²) in [5.41, 5.74) is -6.52. The number of alkyl carbamates (subject to hydrolysis) is 4. The lowest BCUT2D eigenvalue weighted by atomic mass is 9.71. The van der Waals surface area contributed by atoms with Crippen molar-refractivity contribution in [1.82, 2.24) is 36.8 Å². The first-order valence-corrected chi connectivity index (χ1v) is 26.8. The van der Waals surface area contributed by atoms with Gasteiger partial charge in [0.2, 0.25) is 5.91 Å². The van der Waals surface area contributed by atoms with Gasteiger partial charge >= 0.3 is 30.5 Å². The fourth-order valence-corrected chi connectivity index (χ4v) is 9.87. The van der Waals surface area contributed by atoms with E-state index in [4.69, 9.17) is 37.9 Å². The van der Waals surface area contributed by atoms with E-state index in [2.05, 4.69) is 38.5 Å². The number of allylic oxidation sites excluding steroid dienone is 1. The van der Waals surface area contributed by atoms with Gasteiger partial charge in [0, 0.05) is 38.6 Å². The Morgan fingerprint density at radius 3 is 1.91 bits per heavy atom. The van der Waals surface area contributed by atoms with Gasteiger partial charge in [0.25, 0.3) is 0 Å². The number of aliphatic hydroxyl groups excluding tert-OH is 3. The van der Waals surface area contributed by atoms with Gasteiger partial charge in [0.1, 0.15) is 58.2 Å². The second kappa shape index (κ2) is 26.6. The van der Waals surface area contributed by atoms with Gasteiger partial charge in [-0.25, -0.2) is 24.0 Å². The minimum absolute atomic E-state index is 0.0138. The second-order valence-corrected chi connectivity index (χ2v) is 25.4. The molecule has 2 aliphatic heterocycles. The molecule has 1 unspecified atom stereocenters. The van der Waals surface area contributed by atoms with Crippen molar-refractivity contribution in [2.75, 3.05) is 39.8 Å². The average Bonchev–Trinajstić information content (AvgIpc) is 3.24. The van der Waals surface area contributed by atoms with Crippen LogP contribution in [0.4, 0.5) is 24.0 Å². The fourth-order valence-electron chi connectivity index (χ4n) is 9.87. The second-order valence-electron chi connectivity index (χ2n) is 25.4. The van der Waals surface area contributed by atoms with Crippen LogP contribution >= 0.6 is 0 Å². The number of rotatable bonds is 18. The highest BCUT2D eigenvalue weighted by molar-refractivity contribution is 5.81. The van der Waals surface area contributed by atoms with Crippen LogP contribution in [-0.4, -0.2) is 201 Å². The number of amides is 6. The molecule has 11 N–H and O–H groups in total. The summed E-state index contributed by atoms with van der Waals surface area (Å²) in [6.07, 6.45) is -12.4. The molecule has 2 saturated carbocycles. The quantitative estimate of drug-likeness (QED) is 0.0694. The smallest absolute Gasteiger partial charge is 0.412 e. The maximum absolute atomic E-state index is 14.0. The van der Waals surface area contributed by atoms with Gasteiger partial charge in [-0.3, -0.25) is 4.79 Å². The summed E-state index contributed by atoms with van der Waals surface area (Å²) in [4.78, 5) is 80.2. The predicted molar refractivity (Wildman–Crippen MR) is 284 cm³/mol. The zero-order valence-electron chi connectivity index (χ0n) is 48.7. The molecule has 4 rings (SSSR count). The van der Waals surface area contributed by atoms with E-state index in [0.717, 1.165) is 4.90 Å². The normalized spacial score (nSPS) is 30.5. The maximum atomic E-state index is 14.0. The molecule has 79 heavy (non-hydrogen) atoms.